The zero-order valence-electron chi connectivity index (χ0n) is 39.1. The summed E-state index contributed by atoms with van der Waals surface area (Å²) in [5.74, 6) is 5.15. The van der Waals surface area contributed by atoms with E-state index in [0.717, 1.165) is 78.3 Å². The van der Waals surface area contributed by atoms with Gasteiger partial charge in [0.05, 0.1) is 33.8 Å². The van der Waals surface area contributed by atoms with Crippen LogP contribution in [-0.4, -0.2) is 29.9 Å². The molecule has 6 heteroatoms. The fourth-order valence-corrected chi connectivity index (χ4v) is 15.0. The Labute approximate surface area is 384 Å². The van der Waals surface area contributed by atoms with Crippen LogP contribution in [0.1, 0.15) is 166 Å². The zero-order valence-corrected chi connectivity index (χ0v) is 39.1. The fraction of sp³-hybridized carbons (Fsp3) is 0.458. The number of fused-ring (bicyclic) bond motifs is 16. The Morgan fingerprint density at radius 3 is 2.11 bits per heavy atom. The third-order valence-electron chi connectivity index (χ3n) is 19.0. The molecular formula is C59H62N6. The number of aryl methyl sites for hydroxylation is 2. The second-order valence-electron chi connectivity index (χ2n) is 22.5. The third-order valence-corrected chi connectivity index (χ3v) is 19.0. The molecule has 4 bridgehead atoms. The molecule has 7 aromatic rings. The van der Waals surface area contributed by atoms with Crippen LogP contribution in [0.3, 0.4) is 0 Å². The minimum Gasteiger partial charge on any atom is -0.254 e. The van der Waals surface area contributed by atoms with E-state index in [4.69, 9.17) is 29.9 Å². The molecule has 4 fully saturated rings. The lowest BCUT2D eigenvalue weighted by Gasteiger charge is -2.65. The van der Waals surface area contributed by atoms with Gasteiger partial charge in [0.25, 0.3) is 0 Å². The lowest BCUT2D eigenvalue weighted by molar-refractivity contribution is -0.141. The van der Waals surface area contributed by atoms with Gasteiger partial charge in [-0.05, 0) is 186 Å². The molecule has 7 aliphatic carbocycles. The summed E-state index contributed by atoms with van der Waals surface area (Å²) in [6.45, 7) is 14.7. The van der Waals surface area contributed by atoms with Crippen molar-refractivity contribution in [2.45, 2.75) is 141 Å². The van der Waals surface area contributed by atoms with Gasteiger partial charge < -0.3 is 0 Å². The lowest BCUT2D eigenvalue weighted by Crippen LogP contribution is -2.58. The summed E-state index contributed by atoms with van der Waals surface area (Å²) < 4.78 is 0. The topological polar surface area (TPSA) is 77.3 Å². The maximum absolute atomic E-state index is 5.77. The summed E-state index contributed by atoms with van der Waals surface area (Å²) in [6, 6.07) is 25.4. The molecule has 0 saturated heterocycles. The number of rotatable bonds is 8. The fourth-order valence-electron chi connectivity index (χ4n) is 15.0. The van der Waals surface area contributed by atoms with Crippen LogP contribution in [-0.2, 0) is 24.7 Å². The first-order chi connectivity index (χ1) is 31.6. The first-order valence-corrected chi connectivity index (χ1v) is 25.2. The smallest absolute Gasteiger partial charge is 0.0964 e. The number of benzene rings is 1. The van der Waals surface area contributed by atoms with Crippen LogP contribution in [0.25, 0.3) is 44.6 Å². The average molecular weight is 855 g/mol. The van der Waals surface area contributed by atoms with Gasteiger partial charge in [-0.25, -0.2) is 0 Å². The lowest BCUT2D eigenvalue weighted by atomic mass is 9.39. The van der Waals surface area contributed by atoms with Gasteiger partial charge in [0.2, 0.25) is 0 Å². The van der Waals surface area contributed by atoms with Gasteiger partial charge in [0.1, 0.15) is 0 Å². The van der Waals surface area contributed by atoms with Gasteiger partial charge in [-0.3, -0.25) is 29.9 Å². The maximum atomic E-state index is 5.77. The predicted octanol–water partition coefficient (Wildman–Crippen LogP) is 13.8. The van der Waals surface area contributed by atoms with E-state index in [1.54, 1.807) is 5.56 Å². The number of aromatic nitrogens is 6. The molecule has 14 rings (SSSR count). The van der Waals surface area contributed by atoms with Crippen LogP contribution in [0.5, 0.6) is 0 Å². The quantitative estimate of drug-likeness (QED) is 0.142. The van der Waals surface area contributed by atoms with Crippen molar-refractivity contribution in [1.29, 1.82) is 0 Å². The molecule has 328 valence electrons. The van der Waals surface area contributed by atoms with E-state index in [1.807, 2.05) is 12.4 Å². The van der Waals surface area contributed by atoms with Gasteiger partial charge in [-0.2, -0.15) is 0 Å². The average Bonchev–Trinajstić information content (AvgIpc) is 3.84. The molecule has 0 radical (unpaired) electrons. The minimum absolute atomic E-state index is 0.183. The summed E-state index contributed by atoms with van der Waals surface area (Å²) in [4.78, 5) is 31.1. The van der Waals surface area contributed by atoms with Crippen LogP contribution >= 0.6 is 0 Å². The van der Waals surface area contributed by atoms with Crippen molar-refractivity contribution >= 4 is 21.8 Å². The van der Waals surface area contributed by atoms with Gasteiger partial charge in [-0.1, -0.05) is 77.9 Å². The number of hydrogen-bond acceptors (Lipinski definition) is 6. The maximum Gasteiger partial charge on any atom is 0.0964 e. The summed E-state index contributed by atoms with van der Waals surface area (Å²) in [5, 5.41) is 2.35. The number of nitrogens with zero attached hydrogens (tertiary/aromatic N) is 6. The highest BCUT2D eigenvalue weighted by molar-refractivity contribution is 6.02. The van der Waals surface area contributed by atoms with E-state index in [-0.39, 0.29) is 5.41 Å². The molecule has 1 aromatic carbocycles. The van der Waals surface area contributed by atoms with Crippen molar-refractivity contribution in [3.05, 3.63) is 142 Å². The van der Waals surface area contributed by atoms with E-state index < -0.39 is 0 Å². The first kappa shape index (κ1) is 40.0. The Kier molecular flexibility index (Phi) is 8.96. The van der Waals surface area contributed by atoms with Gasteiger partial charge in [0, 0.05) is 58.8 Å². The third kappa shape index (κ3) is 5.96. The molecule has 7 aliphatic rings. The molecule has 6 aromatic heterocycles. The Morgan fingerprint density at radius 1 is 0.662 bits per heavy atom. The Hall–Kier alpha value is -5.36. The zero-order chi connectivity index (χ0) is 43.9. The molecule has 4 saturated carbocycles. The van der Waals surface area contributed by atoms with E-state index in [1.165, 1.54) is 81.2 Å². The van der Waals surface area contributed by atoms with Crippen LogP contribution in [0, 0.1) is 29.1 Å². The molecule has 0 aliphatic heterocycles. The summed E-state index contributed by atoms with van der Waals surface area (Å²) in [6.07, 6.45) is 19.6. The molecular weight excluding hydrogens is 793 g/mol. The molecule has 0 spiro atoms. The van der Waals surface area contributed by atoms with Gasteiger partial charge in [-0.15, -0.1) is 0 Å². The SMILES string of the molecule is CC[C@H](C)c1cnc2c(ccc3cc([C@@H](C)CCC4Cc5cccnc5-c5nc(C6CC(C7CC8CC7(C)c7cc9c(nc78)-c7ncccc7CC9)[C@H]7C[C@@H]6C7(C)C)ccc54)cnc32)c1. The van der Waals surface area contributed by atoms with Crippen molar-refractivity contribution in [2.75, 3.05) is 0 Å². The minimum atomic E-state index is 0.183. The molecule has 6 unspecified atom stereocenters. The predicted molar refractivity (Wildman–Crippen MR) is 261 cm³/mol. The molecule has 0 amide bonds. The van der Waals surface area contributed by atoms with Crippen molar-refractivity contribution < 1.29 is 0 Å². The molecule has 6 heterocycles. The van der Waals surface area contributed by atoms with E-state index in [2.05, 4.69) is 121 Å². The molecule has 6 nitrogen and oxygen atoms in total. The summed E-state index contributed by atoms with van der Waals surface area (Å²) in [7, 11) is 0. The Balaban J connectivity index is 0.770. The monoisotopic (exact) mass is 855 g/mol. The van der Waals surface area contributed by atoms with Crippen LogP contribution in [0.15, 0.2) is 91.5 Å². The van der Waals surface area contributed by atoms with Crippen LogP contribution in [0.2, 0.25) is 0 Å². The highest BCUT2D eigenvalue weighted by atomic mass is 14.9. The highest BCUT2D eigenvalue weighted by Gasteiger charge is 2.65. The van der Waals surface area contributed by atoms with E-state index in [9.17, 15) is 0 Å². The standard InChI is InChI=1S/C59H62N6/c1-7-32(2)41-23-37-16-17-38-24-42(31-63-54(38)53(37)62-30-41)33(3)12-13-35-22-36-11-9-21-61-55(36)57-43(35)18-19-50(64-57)45-27-44(46-28-47(45)58(46,4)5)48-26-40-29-59(48,6)49-25-39-15-14-34-10-8-20-60-52(34)56(39)65-51(40)49/h8-11,16-21,23-25,30-33,35,40,44-48H,7,12-15,22,26-29H2,1-6H3/t32-,33-,35?,40?,44?,45?,46+,47-,48?,59?/m0/s1. The first-order valence-electron chi connectivity index (χ1n) is 25.2. The van der Waals surface area contributed by atoms with Crippen molar-refractivity contribution in [1.82, 2.24) is 29.9 Å². The molecule has 10 atom stereocenters. The highest BCUT2D eigenvalue weighted by Crippen LogP contribution is 2.72. The summed E-state index contributed by atoms with van der Waals surface area (Å²) in [5.41, 5.74) is 19.4. The van der Waals surface area contributed by atoms with E-state index in [0.29, 0.717) is 52.8 Å². The molecule has 65 heavy (non-hydrogen) atoms. The molecule has 0 N–H and O–H groups in total. The summed E-state index contributed by atoms with van der Waals surface area (Å²) >= 11 is 0. The van der Waals surface area contributed by atoms with E-state index >= 15 is 0 Å². The Bertz CT molecular complexity index is 3080. The Morgan fingerprint density at radius 2 is 1.37 bits per heavy atom. The van der Waals surface area contributed by atoms with Crippen molar-refractivity contribution in [3.63, 3.8) is 0 Å². The second kappa shape index (κ2) is 14.6. The number of hydrogen-bond donors (Lipinski definition) is 0. The second-order valence-corrected chi connectivity index (χ2v) is 22.5. The van der Waals surface area contributed by atoms with Crippen molar-refractivity contribution in [3.8, 4) is 22.8 Å². The van der Waals surface area contributed by atoms with Crippen LogP contribution < -0.4 is 0 Å². The van der Waals surface area contributed by atoms with Gasteiger partial charge in [0.15, 0.2) is 0 Å². The van der Waals surface area contributed by atoms with Crippen LogP contribution in [0.4, 0.5) is 0 Å². The van der Waals surface area contributed by atoms with Gasteiger partial charge >= 0.3 is 0 Å². The normalized spacial score (nSPS) is 28.4. The largest absolute Gasteiger partial charge is 0.254 e. The number of pyridine rings is 6. The van der Waals surface area contributed by atoms with Crippen molar-refractivity contribution in [2.24, 2.45) is 29.1 Å².